The van der Waals surface area contributed by atoms with E-state index in [-0.39, 0.29) is 5.54 Å². The topological polar surface area (TPSA) is 42.2 Å². The minimum Gasteiger partial charge on any atom is -0.359 e. The van der Waals surface area contributed by atoms with Crippen LogP contribution >= 0.6 is 11.8 Å². The molecule has 2 heterocycles. The third-order valence-corrected chi connectivity index (χ3v) is 3.75. The minimum absolute atomic E-state index is 0.200. The average molecular weight is 238 g/mol. The first-order chi connectivity index (χ1) is 7.66. The van der Waals surface area contributed by atoms with E-state index in [1.54, 1.807) is 0 Å². The molecule has 0 amide bonds. The second-order valence-corrected chi connectivity index (χ2v) is 5.57. The molecule has 0 bridgehead atoms. The second kappa shape index (κ2) is 4.91. The maximum absolute atomic E-state index is 4.55. The Hall–Kier alpha value is -0.970. The maximum Gasteiger partial charge on any atom is 0.157 e. The van der Waals surface area contributed by atoms with Crippen molar-refractivity contribution < 1.29 is 0 Å². The lowest BCUT2D eigenvalue weighted by molar-refractivity contribution is 0.535. The molecule has 1 fully saturated rings. The van der Waals surface area contributed by atoms with Gasteiger partial charge in [-0.2, -0.15) is 5.10 Å². The Morgan fingerprint density at radius 1 is 1.62 bits per heavy atom. The molecule has 0 aliphatic carbocycles. The van der Waals surface area contributed by atoms with Gasteiger partial charge in [0.2, 0.25) is 0 Å². The fourth-order valence-electron chi connectivity index (χ4n) is 1.54. The van der Waals surface area contributed by atoms with Crippen LogP contribution in [0.1, 0.15) is 20.3 Å². The predicted molar refractivity (Wildman–Crippen MR) is 68.8 cm³/mol. The fraction of sp³-hybridized carbons (Fsp3) is 0.636. The summed E-state index contributed by atoms with van der Waals surface area (Å²) in [6.07, 6.45) is 4.83. The van der Waals surface area contributed by atoms with Crippen molar-refractivity contribution in [2.24, 2.45) is 4.99 Å². The summed E-state index contributed by atoms with van der Waals surface area (Å²) in [7, 11) is 0. The van der Waals surface area contributed by atoms with E-state index in [1.807, 2.05) is 34.9 Å². The number of hydrogen-bond donors (Lipinski definition) is 1. The Morgan fingerprint density at radius 3 is 3.12 bits per heavy atom. The zero-order chi connectivity index (χ0) is 11.4. The average Bonchev–Trinajstić information content (AvgIpc) is 2.82. The van der Waals surface area contributed by atoms with E-state index in [4.69, 9.17) is 0 Å². The van der Waals surface area contributed by atoms with Crippen molar-refractivity contribution in [3.8, 4) is 0 Å². The van der Waals surface area contributed by atoms with Crippen LogP contribution in [0.25, 0.3) is 0 Å². The van der Waals surface area contributed by atoms with Gasteiger partial charge in [0.05, 0.1) is 0 Å². The molecule has 2 rings (SSSR count). The molecule has 4 nitrogen and oxygen atoms in total. The van der Waals surface area contributed by atoms with Crippen molar-refractivity contribution in [2.75, 3.05) is 12.3 Å². The van der Waals surface area contributed by atoms with Gasteiger partial charge in [-0.05, 0) is 26.3 Å². The van der Waals surface area contributed by atoms with Crippen molar-refractivity contribution in [1.29, 1.82) is 0 Å². The summed E-state index contributed by atoms with van der Waals surface area (Å²) >= 11 is 1.81. The fourth-order valence-corrected chi connectivity index (χ4v) is 2.64. The van der Waals surface area contributed by atoms with Crippen molar-refractivity contribution in [3.05, 3.63) is 18.5 Å². The Morgan fingerprint density at radius 2 is 2.50 bits per heavy atom. The number of aryl methyl sites for hydroxylation is 1. The predicted octanol–water partition coefficient (Wildman–Crippen LogP) is 1.74. The zero-order valence-electron chi connectivity index (χ0n) is 9.81. The molecule has 0 saturated carbocycles. The first-order valence-corrected chi connectivity index (χ1v) is 6.57. The molecule has 0 atom stereocenters. The Kier molecular flexibility index (Phi) is 3.53. The Balaban J connectivity index is 1.70. The van der Waals surface area contributed by atoms with E-state index in [1.165, 1.54) is 0 Å². The molecule has 88 valence electrons. The highest BCUT2D eigenvalue weighted by Crippen LogP contribution is 2.21. The number of nitrogens with zero attached hydrogens (tertiary/aromatic N) is 3. The standard InChI is InChI=1S/C11H18N4S/c1-11(2)9-16-10(14-11)12-5-3-7-15-8-4-6-13-15/h4,6,8H,3,5,7,9H2,1-2H3,(H,12,14). The van der Waals surface area contributed by atoms with Gasteiger partial charge in [-0.1, -0.05) is 11.8 Å². The monoisotopic (exact) mass is 238 g/mol. The van der Waals surface area contributed by atoms with E-state index in [0.717, 1.165) is 30.4 Å². The number of hydrogen-bond acceptors (Lipinski definition) is 3. The van der Waals surface area contributed by atoms with Gasteiger partial charge in [0.1, 0.15) is 0 Å². The highest BCUT2D eigenvalue weighted by Gasteiger charge is 2.26. The number of aliphatic imine (C=N–C) groups is 1. The molecule has 1 aliphatic heterocycles. The summed E-state index contributed by atoms with van der Waals surface area (Å²) in [5.74, 6) is 1.10. The first kappa shape index (κ1) is 11.5. The number of thioether (sulfide) groups is 1. The smallest absolute Gasteiger partial charge is 0.157 e. The summed E-state index contributed by atoms with van der Waals surface area (Å²) in [6, 6.07) is 1.95. The van der Waals surface area contributed by atoms with Crippen LogP contribution in [0.3, 0.4) is 0 Å². The van der Waals surface area contributed by atoms with Crippen LogP contribution in [0.5, 0.6) is 0 Å². The third kappa shape index (κ3) is 3.27. The molecule has 0 spiro atoms. The van der Waals surface area contributed by atoms with Gasteiger partial charge in [-0.3, -0.25) is 9.67 Å². The van der Waals surface area contributed by atoms with Crippen LogP contribution < -0.4 is 5.32 Å². The van der Waals surface area contributed by atoms with Crippen LogP contribution in [0.4, 0.5) is 0 Å². The van der Waals surface area contributed by atoms with E-state index in [2.05, 4.69) is 29.3 Å². The van der Waals surface area contributed by atoms with Gasteiger partial charge in [-0.25, -0.2) is 0 Å². The van der Waals surface area contributed by atoms with Crippen LogP contribution in [0, 0.1) is 0 Å². The van der Waals surface area contributed by atoms with Gasteiger partial charge >= 0.3 is 0 Å². The van der Waals surface area contributed by atoms with E-state index in [0.29, 0.717) is 0 Å². The van der Waals surface area contributed by atoms with Crippen molar-refractivity contribution in [3.63, 3.8) is 0 Å². The molecule has 1 saturated heterocycles. The molecule has 1 aliphatic rings. The van der Waals surface area contributed by atoms with Crippen LogP contribution in [0.15, 0.2) is 23.5 Å². The van der Waals surface area contributed by atoms with Gasteiger partial charge in [0, 0.05) is 36.8 Å². The summed E-state index contributed by atoms with van der Waals surface area (Å²) in [5.41, 5.74) is 0.200. The number of nitrogens with one attached hydrogen (secondary N) is 1. The van der Waals surface area contributed by atoms with E-state index < -0.39 is 0 Å². The van der Waals surface area contributed by atoms with Gasteiger partial charge in [0.15, 0.2) is 5.17 Å². The lowest BCUT2D eigenvalue weighted by atomic mass is 10.1. The first-order valence-electron chi connectivity index (χ1n) is 5.59. The zero-order valence-corrected chi connectivity index (χ0v) is 10.6. The van der Waals surface area contributed by atoms with E-state index >= 15 is 0 Å². The quantitative estimate of drug-likeness (QED) is 0.813. The summed E-state index contributed by atoms with van der Waals surface area (Å²) in [4.78, 5) is 4.55. The number of rotatable bonds is 4. The molecule has 1 aromatic rings. The largest absolute Gasteiger partial charge is 0.359 e. The van der Waals surface area contributed by atoms with Crippen LogP contribution in [0.2, 0.25) is 0 Å². The molecule has 0 aromatic carbocycles. The molecule has 0 radical (unpaired) electrons. The summed E-state index contributed by atoms with van der Waals surface area (Å²) in [5, 5.41) is 8.66. The van der Waals surface area contributed by atoms with Crippen molar-refractivity contribution in [2.45, 2.75) is 32.4 Å². The van der Waals surface area contributed by atoms with Gasteiger partial charge < -0.3 is 5.32 Å². The lowest BCUT2D eigenvalue weighted by Gasteiger charge is -2.15. The van der Waals surface area contributed by atoms with Crippen LogP contribution in [-0.2, 0) is 6.54 Å². The summed E-state index contributed by atoms with van der Waals surface area (Å²) < 4.78 is 1.94. The van der Waals surface area contributed by atoms with Gasteiger partial charge in [0.25, 0.3) is 0 Å². The molecular formula is C11H18N4S. The molecule has 5 heteroatoms. The third-order valence-electron chi connectivity index (χ3n) is 2.37. The molecule has 0 unspecified atom stereocenters. The molecular weight excluding hydrogens is 220 g/mol. The highest BCUT2D eigenvalue weighted by molar-refractivity contribution is 8.14. The maximum atomic E-state index is 4.55. The molecule has 16 heavy (non-hydrogen) atoms. The SMILES string of the molecule is CC1(C)CSC(=NCCCn2cccn2)N1. The summed E-state index contributed by atoms with van der Waals surface area (Å²) in [6.45, 7) is 6.21. The van der Waals surface area contributed by atoms with Crippen molar-refractivity contribution >= 4 is 16.9 Å². The Bertz CT molecular complexity index is 356. The van der Waals surface area contributed by atoms with Crippen LogP contribution in [-0.4, -0.2) is 32.8 Å². The lowest BCUT2D eigenvalue weighted by Crippen LogP contribution is -2.36. The van der Waals surface area contributed by atoms with Gasteiger partial charge in [-0.15, -0.1) is 0 Å². The molecule has 1 aromatic heterocycles. The number of amidine groups is 1. The normalized spacial score (nSPS) is 21.2. The molecule has 1 N–H and O–H groups in total. The Labute approximate surface area is 101 Å². The minimum atomic E-state index is 0.200. The number of aromatic nitrogens is 2. The van der Waals surface area contributed by atoms with Crippen molar-refractivity contribution in [1.82, 2.24) is 15.1 Å². The highest BCUT2D eigenvalue weighted by atomic mass is 32.2. The second-order valence-electron chi connectivity index (χ2n) is 4.61. The van der Waals surface area contributed by atoms with E-state index in [9.17, 15) is 0 Å².